The van der Waals surface area contributed by atoms with Crippen molar-refractivity contribution in [3.05, 3.63) is 60.7 Å². The molecule has 0 atom stereocenters. The Morgan fingerprint density at radius 3 is 1.81 bits per heavy atom. The van der Waals surface area contributed by atoms with E-state index >= 15 is 0 Å². The van der Waals surface area contributed by atoms with E-state index in [-0.39, 0.29) is 0 Å². The Bertz CT molecular complexity index is 595. The van der Waals surface area contributed by atoms with Crippen LogP contribution < -0.4 is 10.6 Å². The molecule has 0 amide bonds. The molecular weight excluding hydrogens is 299 g/mol. The summed E-state index contributed by atoms with van der Waals surface area (Å²) in [5.41, 5.74) is -0.636. The maximum atomic E-state index is 10.6. The molecule has 2 rings (SSSR count). The van der Waals surface area contributed by atoms with Crippen molar-refractivity contribution >= 4 is 34.9 Å². The second kappa shape index (κ2) is 6.55. The highest BCUT2D eigenvalue weighted by Gasteiger charge is 2.32. The number of rotatable bonds is 6. The van der Waals surface area contributed by atoms with Crippen molar-refractivity contribution in [1.29, 1.82) is 0 Å². The summed E-state index contributed by atoms with van der Waals surface area (Å²) < 4.78 is 5.12. The molecule has 2 aromatic rings. The van der Waals surface area contributed by atoms with E-state index in [4.69, 9.17) is 16.5 Å². The number of carbonyl (C=O) groups excluding carboxylic acids is 1. The normalized spacial score (nSPS) is 11.9. The van der Waals surface area contributed by atoms with Crippen LogP contribution in [0.15, 0.2) is 60.7 Å². The largest absolute Gasteiger partial charge is 0.451 e. The quantitative estimate of drug-likeness (QED) is 0.766. The van der Waals surface area contributed by atoms with Crippen LogP contribution in [0.2, 0.25) is 0 Å². The van der Waals surface area contributed by atoms with Gasteiger partial charge in [-0.2, -0.15) is 0 Å². The van der Waals surface area contributed by atoms with Crippen LogP contribution in [0.25, 0.3) is 0 Å². The summed E-state index contributed by atoms with van der Waals surface area (Å²) in [7, 11) is 0. The van der Waals surface area contributed by atoms with Crippen LogP contribution in [-0.4, -0.2) is 18.2 Å². The molecule has 4 heteroatoms. The van der Waals surface area contributed by atoms with Crippen LogP contribution in [0.1, 0.15) is 13.8 Å². The highest BCUT2D eigenvalue weighted by molar-refractivity contribution is 8.22. The van der Waals surface area contributed by atoms with Crippen molar-refractivity contribution in [2.75, 3.05) is 6.16 Å². The molecule has 0 aliphatic carbocycles. The minimum absolute atomic E-state index is 0.610. The topological polar surface area (TPSA) is 26.3 Å². The Kier molecular flexibility index (Phi) is 4.97. The van der Waals surface area contributed by atoms with Crippen molar-refractivity contribution in [3.8, 4) is 0 Å². The summed E-state index contributed by atoms with van der Waals surface area (Å²) in [5, 5.41) is 2.27. The van der Waals surface area contributed by atoms with Gasteiger partial charge in [0.2, 0.25) is 0 Å². The predicted molar refractivity (Wildman–Crippen MR) is 92.2 cm³/mol. The van der Waals surface area contributed by atoms with Gasteiger partial charge in [0.1, 0.15) is 5.60 Å². The van der Waals surface area contributed by atoms with Gasteiger partial charge in [0.15, 0.2) is 0 Å². The third-order valence-corrected chi connectivity index (χ3v) is 8.39. The monoisotopic (exact) mass is 317 g/mol. The van der Waals surface area contributed by atoms with Gasteiger partial charge < -0.3 is 4.74 Å². The molecule has 2 aromatic carbocycles. The fourth-order valence-corrected chi connectivity index (χ4v) is 7.12. The minimum atomic E-state index is -2.05. The van der Waals surface area contributed by atoms with Crippen LogP contribution in [0, 0.1) is 0 Å². The van der Waals surface area contributed by atoms with Gasteiger partial charge in [-0.1, -0.05) is 72.5 Å². The van der Waals surface area contributed by atoms with E-state index in [9.17, 15) is 4.79 Å². The Morgan fingerprint density at radius 2 is 1.43 bits per heavy atom. The van der Waals surface area contributed by atoms with Crippen molar-refractivity contribution in [2.24, 2.45) is 0 Å². The Morgan fingerprint density at radius 1 is 1.00 bits per heavy atom. The van der Waals surface area contributed by atoms with Crippen molar-refractivity contribution in [3.63, 3.8) is 0 Å². The summed E-state index contributed by atoms with van der Waals surface area (Å²) in [6, 6.07) is 18.2. The molecule has 0 bridgehead atoms. The molecule has 0 heterocycles. The average molecular weight is 317 g/mol. The first kappa shape index (κ1) is 15.9. The first-order valence-electron chi connectivity index (χ1n) is 6.73. The van der Waals surface area contributed by atoms with Crippen LogP contribution in [0.3, 0.4) is 0 Å². The van der Waals surface area contributed by atoms with Crippen molar-refractivity contribution < 1.29 is 9.53 Å². The van der Waals surface area contributed by atoms with Gasteiger partial charge in [-0.15, -0.1) is 0 Å². The predicted octanol–water partition coefficient (Wildman–Crippen LogP) is 2.98. The standard InChI is InChI=1S/C17H18O2PS/c1-17(2,19-14-18)13-20(21,15-9-5-3-6-10-15)16-11-7-4-8-12-16/h3-12H,13H2,1-2H3. The maximum absolute atomic E-state index is 10.6. The van der Waals surface area contributed by atoms with E-state index in [0.717, 1.165) is 10.6 Å². The Labute approximate surface area is 131 Å². The zero-order valence-corrected chi connectivity index (χ0v) is 13.9. The van der Waals surface area contributed by atoms with Crippen LogP contribution in [0.4, 0.5) is 0 Å². The maximum Gasteiger partial charge on any atom is 0.418 e. The van der Waals surface area contributed by atoms with Gasteiger partial charge in [-0.05, 0) is 24.5 Å². The third kappa shape index (κ3) is 3.81. The van der Waals surface area contributed by atoms with Gasteiger partial charge in [0.25, 0.3) is 0 Å². The second-order valence-corrected chi connectivity index (χ2v) is 10.2. The molecular formula is C17H18O2PS. The number of hydrogen-bond donors (Lipinski definition) is 0. The number of hydrogen-bond acceptors (Lipinski definition) is 3. The molecule has 0 unspecified atom stereocenters. The lowest BCUT2D eigenvalue weighted by molar-refractivity contribution is 0.113. The SMILES string of the molecule is CC(C)(CP(=S)(c1ccccc1)c1ccccc1)O[C]=O. The molecule has 0 saturated carbocycles. The zero-order chi connectivity index (χ0) is 15.3. The zero-order valence-electron chi connectivity index (χ0n) is 12.2. The fraction of sp³-hybridized carbons (Fsp3) is 0.235. The average Bonchev–Trinajstić information content (AvgIpc) is 2.48. The van der Waals surface area contributed by atoms with Gasteiger partial charge in [0, 0.05) is 12.2 Å². The first-order chi connectivity index (χ1) is 9.98. The molecule has 0 spiro atoms. The molecule has 0 fully saturated rings. The minimum Gasteiger partial charge on any atom is -0.451 e. The summed E-state index contributed by atoms with van der Waals surface area (Å²) in [4.78, 5) is 10.6. The first-order valence-corrected chi connectivity index (χ1v) is 9.72. The van der Waals surface area contributed by atoms with Gasteiger partial charge in [0.05, 0.1) is 0 Å². The number of ether oxygens (including phenoxy) is 1. The van der Waals surface area contributed by atoms with Crippen LogP contribution >= 0.6 is 6.04 Å². The highest BCUT2D eigenvalue weighted by Crippen LogP contribution is 2.46. The van der Waals surface area contributed by atoms with Crippen molar-refractivity contribution in [2.45, 2.75) is 19.4 Å². The Balaban J connectivity index is 2.50. The van der Waals surface area contributed by atoms with Gasteiger partial charge in [-0.25, -0.2) is 4.79 Å². The lowest BCUT2D eigenvalue weighted by Gasteiger charge is -2.31. The summed E-state index contributed by atoms with van der Waals surface area (Å²) >= 11 is 6.10. The Hall–Kier alpha value is -1.44. The number of benzene rings is 2. The van der Waals surface area contributed by atoms with Crippen LogP contribution in [-0.2, 0) is 21.3 Å². The molecule has 1 radical (unpaired) electrons. The molecule has 0 aliphatic heterocycles. The molecule has 2 nitrogen and oxygen atoms in total. The van der Waals surface area contributed by atoms with Gasteiger partial charge in [-0.3, -0.25) is 0 Å². The molecule has 0 aliphatic rings. The summed E-state index contributed by atoms with van der Waals surface area (Å²) in [5.74, 6) is 0. The van der Waals surface area contributed by atoms with E-state index in [1.165, 1.54) is 0 Å². The van der Waals surface area contributed by atoms with E-state index < -0.39 is 11.6 Å². The molecule has 21 heavy (non-hydrogen) atoms. The van der Waals surface area contributed by atoms with E-state index in [0.29, 0.717) is 6.16 Å². The molecule has 109 valence electrons. The third-order valence-electron chi connectivity index (χ3n) is 3.27. The van der Waals surface area contributed by atoms with Crippen LogP contribution in [0.5, 0.6) is 0 Å². The van der Waals surface area contributed by atoms with Crippen molar-refractivity contribution in [1.82, 2.24) is 0 Å². The summed E-state index contributed by atoms with van der Waals surface area (Å²) in [6.45, 7) is 5.31. The molecule has 0 aromatic heterocycles. The molecule has 0 N–H and O–H groups in total. The molecule has 0 saturated heterocycles. The lowest BCUT2D eigenvalue weighted by atomic mass is 10.2. The smallest absolute Gasteiger partial charge is 0.418 e. The second-order valence-electron chi connectivity index (χ2n) is 5.51. The van der Waals surface area contributed by atoms with E-state index in [2.05, 4.69) is 24.3 Å². The fourth-order valence-electron chi connectivity index (χ4n) is 2.35. The summed E-state index contributed by atoms with van der Waals surface area (Å²) in [6.07, 6.45) is 0.610. The van der Waals surface area contributed by atoms with E-state index in [1.807, 2.05) is 50.2 Å². The highest BCUT2D eigenvalue weighted by atomic mass is 32.4. The van der Waals surface area contributed by atoms with E-state index in [1.54, 1.807) is 6.47 Å². The lowest BCUT2D eigenvalue weighted by Crippen LogP contribution is -2.33. The van der Waals surface area contributed by atoms with Gasteiger partial charge >= 0.3 is 6.47 Å².